The molecule has 1 aliphatic carbocycles. The van der Waals surface area contributed by atoms with E-state index in [1.165, 1.54) is 11.3 Å². The summed E-state index contributed by atoms with van der Waals surface area (Å²) < 4.78 is 0. The molecule has 1 saturated heterocycles. The highest BCUT2D eigenvalue weighted by Gasteiger charge is 2.56. The summed E-state index contributed by atoms with van der Waals surface area (Å²) in [6, 6.07) is 7.71. The number of nitrogens with two attached hydrogens (primary N) is 1. The van der Waals surface area contributed by atoms with Crippen molar-refractivity contribution < 1.29 is 9.59 Å². The molecule has 0 radical (unpaired) electrons. The van der Waals surface area contributed by atoms with Crippen LogP contribution in [0.15, 0.2) is 24.3 Å². The molecule has 1 aromatic carbocycles. The van der Waals surface area contributed by atoms with Crippen LogP contribution in [0.4, 0.5) is 0 Å². The van der Waals surface area contributed by atoms with Gasteiger partial charge in [0.05, 0.1) is 9.88 Å². The molecular formula is C18H19N3O2S. The van der Waals surface area contributed by atoms with E-state index in [0.717, 1.165) is 27.4 Å². The molecule has 1 saturated carbocycles. The van der Waals surface area contributed by atoms with E-state index in [2.05, 4.69) is 11.1 Å². The van der Waals surface area contributed by atoms with Crippen molar-refractivity contribution in [1.82, 2.24) is 9.88 Å². The lowest BCUT2D eigenvalue weighted by molar-refractivity contribution is -0.122. The maximum absolute atomic E-state index is 13.2. The third-order valence-corrected chi connectivity index (χ3v) is 5.90. The molecule has 2 aliphatic rings. The predicted molar refractivity (Wildman–Crippen MR) is 92.7 cm³/mol. The van der Waals surface area contributed by atoms with E-state index < -0.39 is 11.9 Å². The maximum Gasteiger partial charge on any atom is 0.274 e. The van der Waals surface area contributed by atoms with Crippen molar-refractivity contribution in [3.8, 4) is 10.4 Å². The van der Waals surface area contributed by atoms with Gasteiger partial charge in [-0.1, -0.05) is 29.8 Å². The third kappa shape index (κ3) is 2.41. The molecule has 6 heteroatoms. The fraction of sp³-hybridized carbons (Fsp3) is 0.389. The molecule has 1 aromatic heterocycles. The Morgan fingerprint density at radius 2 is 2.08 bits per heavy atom. The Morgan fingerprint density at radius 3 is 2.79 bits per heavy atom. The summed E-state index contributed by atoms with van der Waals surface area (Å²) in [4.78, 5) is 31.9. The van der Waals surface area contributed by atoms with Crippen LogP contribution in [0.5, 0.6) is 0 Å². The lowest BCUT2D eigenvalue weighted by atomic mass is 10.1. The summed E-state index contributed by atoms with van der Waals surface area (Å²) in [6.07, 6.45) is 1.66. The van der Waals surface area contributed by atoms with Crippen molar-refractivity contribution in [3.63, 3.8) is 0 Å². The van der Waals surface area contributed by atoms with Gasteiger partial charge in [0.2, 0.25) is 5.91 Å². The second kappa shape index (κ2) is 5.41. The van der Waals surface area contributed by atoms with E-state index in [1.54, 1.807) is 4.90 Å². The molecule has 2 amide bonds. The van der Waals surface area contributed by atoms with Gasteiger partial charge in [-0.3, -0.25) is 9.59 Å². The first-order chi connectivity index (χ1) is 11.5. The standard InChI is InChI=1S/C18H19N3O2S/c1-9-4-3-5-11(6-9)16-15(20-10(2)24-16)18(23)21-13-7-12(13)8-14(21)17(19)22/h3-6,12-14H,7-8H2,1-2H3,(H2,19,22)/t12-,13-,14-/m0/s1. The highest BCUT2D eigenvalue weighted by molar-refractivity contribution is 7.15. The van der Waals surface area contributed by atoms with Gasteiger partial charge in [0.1, 0.15) is 11.7 Å². The van der Waals surface area contributed by atoms with E-state index >= 15 is 0 Å². The number of rotatable bonds is 3. The maximum atomic E-state index is 13.2. The average Bonchev–Trinajstić information content (AvgIpc) is 3.02. The van der Waals surface area contributed by atoms with Crippen molar-refractivity contribution >= 4 is 23.2 Å². The van der Waals surface area contributed by atoms with E-state index in [4.69, 9.17) is 5.73 Å². The van der Waals surface area contributed by atoms with E-state index in [0.29, 0.717) is 18.0 Å². The first-order valence-corrected chi connectivity index (χ1v) is 8.94. The average molecular weight is 341 g/mol. The summed E-state index contributed by atoms with van der Waals surface area (Å²) in [5.41, 5.74) is 8.08. The van der Waals surface area contributed by atoms with E-state index in [-0.39, 0.29) is 11.9 Å². The zero-order chi connectivity index (χ0) is 17.0. The predicted octanol–water partition coefficient (Wildman–Crippen LogP) is 2.52. The lowest BCUT2D eigenvalue weighted by Gasteiger charge is -2.24. The van der Waals surface area contributed by atoms with Crippen LogP contribution in [0.3, 0.4) is 0 Å². The van der Waals surface area contributed by atoms with Crippen LogP contribution in [0, 0.1) is 19.8 Å². The third-order valence-electron chi connectivity index (χ3n) is 4.88. The number of thiazole rings is 1. The largest absolute Gasteiger partial charge is 0.368 e. The van der Waals surface area contributed by atoms with Crippen LogP contribution in [-0.4, -0.2) is 33.8 Å². The molecular weight excluding hydrogens is 322 g/mol. The molecule has 4 rings (SSSR count). The van der Waals surface area contributed by atoms with Crippen LogP contribution in [0.1, 0.15) is 33.9 Å². The molecule has 2 aromatic rings. The van der Waals surface area contributed by atoms with Gasteiger partial charge in [-0.05, 0) is 38.2 Å². The number of benzene rings is 1. The first-order valence-electron chi connectivity index (χ1n) is 8.12. The zero-order valence-corrected chi connectivity index (χ0v) is 14.5. The number of amides is 2. The fourth-order valence-corrected chi connectivity index (χ4v) is 4.59. The minimum absolute atomic E-state index is 0.155. The van der Waals surface area contributed by atoms with Crippen LogP contribution >= 0.6 is 11.3 Å². The van der Waals surface area contributed by atoms with Crippen LogP contribution < -0.4 is 5.73 Å². The van der Waals surface area contributed by atoms with Gasteiger partial charge in [0, 0.05) is 6.04 Å². The number of hydrogen-bond acceptors (Lipinski definition) is 4. The Morgan fingerprint density at radius 1 is 1.29 bits per heavy atom. The topological polar surface area (TPSA) is 76.3 Å². The number of hydrogen-bond donors (Lipinski definition) is 1. The van der Waals surface area contributed by atoms with Gasteiger partial charge >= 0.3 is 0 Å². The minimum Gasteiger partial charge on any atom is -0.368 e. The summed E-state index contributed by atoms with van der Waals surface area (Å²) in [6.45, 7) is 3.92. The number of carbonyl (C=O) groups excluding carboxylic acids is 2. The number of nitrogens with zero attached hydrogens (tertiary/aromatic N) is 2. The number of fused-ring (bicyclic) bond motifs is 1. The number of primary amides is 1. The highest BCUT2D eigenvalue weighted by atomic mass is 32.1. The van der Waals surface area contributed by atoms with Gasteiger partial charge < -0.3 is 10.6 Å². The quantitative estimate of drug-likeness (QED) is 0.932. The highest BCUT2D eigenvalue weighted by Crippen LogP contribution is 2.48. The van der Waals surface area contributed by atoms with E-state index in [1.807, 2.05) is 32.0 Å². The van der Waals surface area contributed by atoms with Crippen molar-refractivity contribution in [2.24, 2.45) is 11.7 Å². The molecule has 124 valence electrons. The summed E-state index contributed by atoms with van der Waals surface area (Å²) in [5, 5.41) is 0.844. The van der Waals surface area contributed by atoms with Crippen LogP contribution in [-0.2, 0) is 4.79 Å². The first kappa shape index (κ1) is 15.3. The molecule has 1 aliphatic heterocycles. The van der Waals surface area contributed by atoms with Gasteiger partial charge in [-0.2, -0.15) is 0 Å². The smallest absolute Gasteiger partial charge is 0.274 e. The SMILES string of the molecule is Cc1cccc(-c2sc(C)nc2C(=O)N2[C@H](C(N)=O)C[C@@H]3C[C@@H]32)c1. The lowest BCUT2D eigenvalue weighted by Crippen LogP contribution is -2.46. The van der Waals surface area contributed by atoms with Gasteiger partial charge in [-0.25, -0.2) is 4.98 Å². The number of piperidine rings is 1. The van der Waals surface area contributed by atoms with Gasteiger partial charge in [-0.15, -0.1) is 11.3 Å². The minimum atomic E-state index is -0.492. The number of aromatic nitrogens is 1. The molecule has 2 fully saturated rings. The van der Waals surface area contributed by atoms with Gasteiger partial charge in [0.15, 0.2) is 0 Å². The Hall–Kier alpha value is -2.21. The second-order valence-electron chi connectivity index (χ2n) is 6.71. The number of aryl methyl sites for hydroxylation is 2. The molecule has 0 unspecified atom stereocenters. The molecule has 3 atom stereocenters. The summed E-state index contributed by atoms with van der Waals surface area (Å²) >= 11 is 1.51. The number of carbonyl (C=O) groups is 2. The summed E-state index contributed by atoms with van der Waals surface area (Å²) in [5.74, 6) is -0.155. The molecule has 0 spiro atoms. The summed E-state index contributed by atoms with van der Waals surface area (Å²) in [7, 11) is 0. The normalized spacial score (nSPS) is 24.8. The van der Waals surface area contributed by atoms with Crippen LogP contribution in [0.25, 0.3) is 10.4 Å². The van der Waals surface area contributed by atoms with Crippen molar-refractivity contribution in [1.29, 1.82) is 0 Å². The van der Waals surface area contributed by atoms with Crippen LogP contribution in [0.2, 0.25) is 0 Å². The Labute approximate surface area is 144 Å². The Kier molecular flexibility index (Phi) is 3.46. The molecule has 5 nitrogen and oxygen atoms in total. The second-order valence-corrected chi connectivity index (χ2v) is 7.91. The van der Waals surface area contributed by atoms with Crippen molar-refractivity contribution in [2.75, 3.05) is 0 Å². The number of likely N-dealkylation sites (tertiary alicyclic amines) is 1. The van der Waals surface area contributed by atoms with Gasteiger partial charge in [0.25, 0.3) is 5.91 Å². The van der Waals surface area contributed by atoms with Crippen molar-refractivity contribution in [3.05, 3.63) is 40.5 Å². The molecule has 2 N–H and O–H groups in total. The van der Waals surface area contributed by atoms with E-state index in [9.17, 15) is 9.59 Å². The Bertz CT molecular complexity index is 845. The Balaban J connectivity index is 1.74. The molecule has 0 bridgehead atoms. The van der Waals surface area contributed by atoms with Crippen molar-refractivity contribution in [2.45, 2.75) is 38.8 Å². The molecule has 24 heavy (non-hydrogen) atoms. The zero-order valence-electron chi connectivity index (χ0n) is 13.7. The molecule has 2 heterocycles. The fourth-order valence-electron chi connectivity index (χ4n) is 3.68. The monoisotopic (exact) mass is 341 g/mol.